The van der Waals surface area contributed by atoms with Crippen molar-refractivity contribution >= 4 is 5.91 Å². The second kappa shape index (κ2) is 13.9. The largest absolute Gasteiger partial charge is 0.389 e. The summed E-state index contributed by atoms with van der Waals surface area (Å²) in [6, 6.07) is -0.785. The zero-order valence-electron chi connectivity index (χ0n) is 20.7. The van der Waals surface area contributed by atoms with Crippen molar-refractivity contribution in [1.82, 2.24) is 5.32 Å². The van der Waals surface area contributed by atoms with Crippen LogP contribution in [0.2, 0.25) is 0 Å². The van der Waals surface area contributed by atoms with Gasteiger partial charge in [0.15, 0.2) is 6.29 Å². The van der Waals surface area contributed by atoms with Gasteiger partial charge in [0.05, 0.1) is 24.4 Å². The number of carbonyl (C=O) groups excluding carboxylic acids is 1. The van der Waals surface area contributed by atoms with Crippen LogP contribution in [0.4, 0.5) is 0 Å². The zero-order valence-corrected chi connectivity index (χ0v) is 20.7. The minimum atomic E-state index is -1.06. The summed E-state index contributed by atoms with van der Waals surface area (Å²) in [7, 11) is 0. The van der Waals surface area contributed by atoms with Crippen LogP contribution in [0.1, 0.15) is 91.9 Å². The minimum absolute atomic E-state index is 0.0506. The predicted molar refractivity (Wildman–Crippen MR) is 126 cm³/mol. The predicted octanol–water partition coefficient (Wildman–Crippen LogP) is 3.10. The van der Waals surface area contributed by atoms with Crippen molar-refractivity contribution in [3.05, 3.63) is 0 Å². The van der Waals surface area contributed by atoms with E-state index < -0.39 is 30.6 Å². The summed E-state index contributed by atoms with van der Waals surface area (Å²) < 4.78 is 12.2. The topological polar surface area (TPSA) is 114 Å². The maximum atomic E-state index is 12.6. The molecule has 0 bridgehead atoms. The molecular formula is C25H48N2O5. The molecule has 7 nitrogen and oxygen atoms in total. The summed E-state index contributed by atoms with van der Waals surface area (Å²) in [6.45, 7) is 8.96. The number of nitrogens with one attached hydrogen (secondary N) is 1. The number of nitrogens with two attached hydrogens (primary N) is 1. The van der Waals surface area contributed by atoms with E-state index in [1.165, 1.54) is 0 Å². The molecule has 188 valence electrons. The maximum Gasteiger partial charge on any atom is 0.223 e. The van der Waals surface area contributed by atoms with Crippen molar-refractivity contribution in [1.29, 1.82) is 0 Å². The van der Waals surface area contributed by atoms with E-state index in [9.17, 15) is 15.0 Å². The summed E-state index contributed by atoms with van der Waals surface area (Å²) in [5.74, 6) is 1.23. The number of hydrogen-bond donors (Lipinski definition) is 4. The smallest absolute Gasteiger partial charge is 0.223 e. The Morgan fingerprint density at radius 3 is 2.41 bits per heavy atom. The Morgan fingerprint density at radius 1 is 1.00 bits per heavy atom. The second-order valence-electron chi connectivity index (χ2n) is 9.93. The van der Waals surface area contributed by atoms with E-state index in [4.69, 9.17) is 15.2 Å². The van der Waals surface area contributed by atoms with Gasteiger partial charge >= 0.3 is 0 Å². The van der Waals surface area contributed by atoms with Gasteiger partial charge in [-0.25, -0.2) is 0 Å². The molecule has 1 amide bonds. The fraction of sp³-hybridized carbons (Fsp3) is 0.960. The number of aliphatic hydroxyl groups excluding tert-OH is 2. The first-order chi connectivity index (χ1) is 15.3. The van der Waals surface area contributed by atoms with Crippen molar-refractivity contribution in [3.63, 3.8) is 0 Å². The molecule has 0 radical (unpaired) electrons. The van der Waals surface area contributed by atoms with E-state index in [0.717, 1.165) is 64.2 Å². The fourth-order valence-electron chi connectivity index (χ4n) is 5.27. The highest BCUT2D eigenvalue weighted by Crippen LogP contribution is 2.31. The summed E-state index contributed by atoms with van der Waals surface area (Å²) in [4.78, 5) is 12.6. The van der Waals surface area contributed by atoms with Gasteiger partial charge in [-0.2, -0.15) is 0 Å². The fourth-order valence-corrected chi connectivity index (χ4v) is 5.27. The summed E-state index contributed by atoms with van der Waals surface area (Å²) in [6.07, 6.45) is 6.63. The average Bonchev–Trinajstić information content (AvgIpc) is 2.79. The van der Waals surface area contributed by atoms with Gasteiger partial charge in [0.1, 0.15) is 6.10 Å². The molecule has 7 heteroatoms. The number of aliphatic hydroxyl groups is 2. The lowest BCUT2D eigenvalue weighted by molar-refractivity contribution is -0.286. The van der Waals surface area contributed by atoms with Crippen LogP contribution in [-0.4, -0.2) is 59.4 Å². The molecule has 2 aliphatic heterocycles. The third-order valence-electron chi connectivity index (χ3n) is 7.77. The van der Waals surface area contributed by atoms with Crippen molar-refractivity contribution in [2.24, 2.45) is 23.5 Å². The van der Waals surface area contributed by atoms with Crippen LogP contribution in [0.3, 0.4) is 0 Å². The first-order valence-corrected chi connectivity index (χ1v) is 13.0. The van der Waals surface area contributed by atoms with Crippen LogP contribution in [0.15, 0.2) is 0 Å². The van der Waals surface area contributed by atoms with Gasteiger partial charge in [0.25, 0.3) is 0 Å². The standard InChI is InChI=1S/C25H48N2O5/c1-5-17-10-8-11-19(7-3)24(30)27-15-9-12-18(6-2)20(14-13-17)32-25-23(29)21(26)22(28)16(4)31-25/h16-23,25,28-29H,5-15,26H2,1-4H3,(H,27,30)/t16-,17?,18?,19?,20?,21+,22-,23+,25-/m1/s1. The molecule has 9 atom stereocenters. The molecule has 5 N–H and O–H groups in total. The molecule has 2 fully saturated rings. The molecule has 2 saturated heterocycles. The number of hydrogen-bond acceptors (Lipinski definition) is 6. The normalized spacial score (nSPS) is 41.0. The van der Waals surface area contributed by atoms with Crippen LogP contribution < -0.4 is 11.1 Å². The van der Waals surface area contributed by atoms with Crippen molar-refractivity contribution in [2.75, 3.05) is 6.54 Å². The van der Waals surface area contributed by atoms with Gasteiger partial charge in [0.2, 0.25) is 5.91 Å². The molecular weight excluding hydrogens is 408 g/mol. The molecule has 32 heavy (non-hydrogen) atoms. The van der Waals surface area contributed by atoms with Crippen molar-refractivity contribution in [2.45, 2.75) is 129 Å². The Labute approximate surface area is 194 Å². The Balaban J connectivity index is 2.11. The quantitative estimate of drug-likeness (QED) is 0.505. The Morgan fingerprint density at radius 2 is 1.75 bits per heavy atom. The lowest BCUT2D eigenvalue weighted by atomic mass is 9.85. The molecule has 0 aromatic rings. The number of ether oxygens (including phenoxy) is 2. The summed E-state index contributed by atoms with van der Waals surface area (Å²) >= 11 is 0. The lowest BCUT2D eigenvalue weighted by Gasteiger charge is -2.42. The Bertz CT molecular complexity index is 548. The molecule has 0 aliphatic carbocycles. The molecule has 0 spiro atoms. The van der Waals surface area contributed by atoms with Crippen LogP contribution in [0, 0.1) is 17.8 Å². The van der Waals surface area contributed by atoms with Gasteiger partial charge in [-0.15, -0.1) is 0 Å². The summed E-state index contributed by atoms with van der Waals surface area (Å²) in [5, 5.41) is 23.8. The SMILES string of the molecule is CCC1CCCC(CC)C(=O)NCCCC(CC)C(O[C@H]2O[C@H](C)[C@@H](O)[C@H](N)[C@@H]2O)CC1. The van der Waals surface area contributed by atoms with Gasteiger partial charge in [-0.1, -0.05) is 46.5 Å². The summed E-state index contributed by atoms with van der Waals surface area (Å²) in [5.41, 5.74) is 6.03. The number of rotatable bonds is 5. The third-order valence-corrected chi connectivity index (χ3v) is 7.77. The van der Waals surface area contributed by atoms with Crippen molar-refractivity contribution < 1.29 is 24.5 Å². The highest BCUT2D eigenvalue weighted by molar-refractivity contribution is 5.78. The van der Waals surface area contributed by atoms with Gasteiger partial charge in [-0.3, -0.25) is 4.79 Å². The molecule has 2 aliphatic rings. The minimum Gasteiger partial charge on any atom is -0.389 e. The average molecular weight is 457 g/mol. The van der Waals surface area contributed by atoms with E-state index in [1.807, 2.05) is 0 Å². The molecule has 2 rings (SSSR count). The van der Waals surface area contributed by atoms with E-state index in [0.29, 0.717) is 18.4 Å². The van der Waals surface area contributed by atoms with E-state index in [-0.39, 0.29) is 17.9 Å². The highest BCUT2D eigenvalue weighted by Gasteiger charge is 2.42. The van der Waals surface area contributed by atoms with Gasteiger partial charge in [0, 0.05) is 12.5 Å². The monoisotopic (exact) mass is 456 g/mol. The van der Waals surface area contributed by atoms with Gasteiger partial charge in [-0.05, 0) is 57.3 Å². The first-order valence-electron chi connectivity index (χ1n) is 13.0. The van der Waals surface area contributed by atoms with E-state index in [1.54, 1.807) is 6.92 Å². The second-order valence-corrected chi connectivity index (χ2v) is 9.93. The van der Waals surface area contributed by atoms with Gasteiger partial charge < -0.3 is 30.7 Å². The Kier molecular flexibility index (Phi) is 11.9. The first kappa shape index (κ1) is 27.5. The van der Waals surface area contributed by atoms with E-state index in [2.05, 4.69) is 26.1 Å². The highest BCUT2D eigenvalue weighted by atomic mass is 16.7. The van der Waals surface area contributed by atoms with Crippen LogP contribution in [0.25, 0.3) is 0 Å². The van der Waals surface area contributed by atoms with Crippen LogP contribution in [0.5, 0.6) is 0 Å². The molecule has 0 aromatic heterocycles. The molecule has 4 unspecified atom stereocenters. The Hall–Kier alpha value is -0.730. The molecule has 2 heterocycles. The van der Waals surface area contributed by atoms with E-state index >= 15 is 0 Å². The maximum absolute atomic E-state index is 12.6. The third kappa shape index (κ3) is 7.66. The molecule has 0 saturated carbocycles. The number of carbonyl (C=O) groups is 1. The van der Waals surface area contributed by atoms with Crippen LogP contribution >= 0.6 is 0 Å². The van der Waals surface area contributed by atoms with Crippen LogP contribution in [-0.2, 0) is 14.3 Å². The zero-order chi connectivity index (χ0) is 23.7. The molecule has 0 aromatic carbocycles. The van der Waals surface area contributed by atoms with Crippen molar-refractivity contribution in [3.8, 4) is 0 Å². The lowest BCUT2D eigenvalue weighted by Crippen LogP contribution is -2.61. The number of amides is 1.